The van der Waals surface area contributed by atoms with Gasteiger partial charge in [0, 0.05) is 45.8 Å². The van der Waals surface area contributed by atoms with E-state index in [4.69, 9.17) is 4.74 Å². The zero-order chi connectivity index (χ0) is 22.4. The number of piperidine rings is 1. The van der Waals surface area contributed by atoms with Gasteiger partial charge in [0.2, 0.25) is 5.91 Å². The SMILES string of the molecule is CCOC(=O)N1CCCC(C(=O)N2CCCN(Cc3ccc(C(F)(F)F)cc3)CC2)C1. The molecule has 0 spiro atoms. The molecular formula is C22H30F3N3O3. The number of alkyl halides is 3. The molecule has 0 bridgehead atoms. The molecule has 1 unspecified atom stereocenters. The number of hydrogen-bond acceptors (Lipinski definition) is 4. The largest absolute Gasteiger partial charge is 0.450 e. The Morgan fingerprint density at radius 1 is 1.00 bits per heavy atom. The lowest BCUT2D eigenvalue weighted by molar-refractivity contribution is -0.138. The number of amides is 2. The van der Waals surface area contributed by atoms with Crippen LogP contribution in [0.2, 0.25) is 0 Å². The lowest BCUT2D eigenvalue weighted by atomic mass is 9.96. The van der Waals surface area contributed by atoms with Crippen molar-refractivity contribution >= 4 is 12.0 Å². The number of rotatable bonds is 4. The summed E-state index contributed by atoms with van der Waals surface area (Å²) in [6, 6.07) is 5.26. The highest BCUT2D eigenvalue weighted by Crippen LogP contribution is 2.29. The lowest BCUT2D eigenvalue weighted by Crippen LogP contribution is -2.47. The first kappa shape index (κ1) is 23.4. The van der Waals surface area contributed by atoms with E-state index >= 15 is 0 Å². The summed E-state index contributed by atoms with van der Waals surface area (Å²) in [7, 11) is 0. The lowest BCUT2D eigenvalue weighted by Gasteiger charge is -2.34. The Bertz CT molecular complexity index is 755. The monoisotopic (exact) mass is 441 g/mol. The highest BCUT2D eigenvalue weighted by atomic mass is 19.4. The first-order valence-electron chi connectivity index (χ1n) is 10.9. The van der Waals surface area contributed by atoms with Gasteiger partial charge in [-0.25, -0.2) is 4.79 Å². The molecule has 0 aromatic heterocycles. The molecule has 9 heteroatoms. The summed E-state index contributed by atoms with van der Waals surface area (Å²) in [6.45, 7) is 6.32. The van der Waals surface area contributed by atoms with Crippen molar-refractivity contribution in [1.29, 1.82) is 0 Å². The second-order valence-electron chi connectivity index (χ2n) is 8.13. The molecule has 1 atom stereocenters. The molecule has 2 saturated heterocycles. The van der Waals surface area contributed by atoms with Crippen molar-refractivity contribution in [2.45, 2.75) is 38.9 Å². The Kier molecular flexibility index (Phi) is 7.80. The van der Waals surface area contributed by atoms with Crippen LogP contribution in [0.3, 0.4) is 0 Å². The molecule has 6 nitrogen and oxygen atoms in total. The van der Waals surface area contributed by atoms with Crippen molar-refractivity contribution < 1.29 is 27.5 Å². The maximum absolute atomic E-state index is 13.1. The number of carbonyl (C=O) groups excluding carboxylic acids is 2. The van der Waals surface area contributed by atoms with Gasteiger partial charge in [0.1, 0.15) is 0 Å². The summed E-state index contributed by atoms with van der Waals surface area (Å²) in [4.78, 5) is 30.7. The molecule has 0 radical (unpaired) electrons. The van der Waals surface area contributed by atoms with Gasteiger partial charge >= 0.3 is 12.3 Å². The molecule has 2 fully saturated rings. The molecule has 1 aromatic carbocycles. The third kappa shape index (κ3) is 6.35. The van der Waals surface area contributed by atoms with E-state index in [9.17, 15) is 22.8 Å². The molecule has 172 valence electrons. The van der Waals surface area contributed by atoms with E-state index in [1.807, 2.05) is 4.90 Å². The molecule has 1 aromatic rings. The Labute approximate surface area is 180 Å². The minimum absolute atomic E-state index is 0.0744. The first-order chi connectivity index (χ1) is 14.8. The summed E-state index contributed by atoms with van der Waals surface area (Å²) in [5, 5.41) is 0. The number of halogens is 3. The van der Waals surface area contributed by atoms with Crippen molar-refractivity contribution in [2.75, 3.05) is 45.9 Å². The summed E-state index contributed by atoms with van der Waals surface area (Å²) in [6.07, 6.45) is -2.34. The molecule has 2 aliphatic heterocycles. The molecule has 2 aliphatic rings. The van der Waals surface area contributed by atoms with Crippen LogP contribution < -0.4 is 0 Å². The van der Waals surface area contributed by atoms with E-state index in [-0.39, 0.29) is 17.9 Å². The smallest absolute Gasteiger partial charge is 0.416 e. The Balaban J connectivity index is 1.52. The van der Waals surface area contributed by atoms with E-state index in [1.165, 1.54) is 12.1 Å². The summed E-state index contributed by atoms with van der Waals surface area (Å²) >= 11 is 0. The number of carbonyl (C=O) groups is 2. The average Bonchev–Trinajstić information content (AvgIpc) is 2.99. The Morgan fingerprint density at radius 2 is 1.71 bits per heavy atom. The van der Waals surface area contributed by atoms with Crippen molar-refractivity contribution in [3.8, 4) is 0 Å². The number of ether oxygens (including phenoxy) is 1. The van der Waals surface area contributed by atoms with E-state index in [0.717, 1.165) is 43.5 Å². The Hall–Kier alpha value is -2.29. The fourth-order valence-electron chi connectivity index (χ4n) is 4.22. The van der Waals surface area contributed by atoms with Gasteiger partial charge in [-0.3, -0.25) is 9.69 Å². The second-order valence-corrected chi connectivity index (χ2v) is 8.13. The number of benzene rings is 1. The maximum atomic E-state index is 13.1. The summed E-state index contributed by atoms with van der Waals surface area (Å²) in [5.41, 5.74) is 0.179. The zero-order valence-corrected chi connectivity index (χ0v) is 17.9. The molecule has 0 saturated carbocycles. The van der Waals surface area contributed by atoms with Gasteiger partial charge in [-0.1, -0.05) is 12.1 Å². The first-order valence-corrected chi connectivity index (χ1v) is 10.9. The molecule has 2 heterocycles. The number of hydrogen-bond donors (Lipinski definition) is 0. The molecule has 0 aliphatic carbocycles. The van der Waals surface area contributed by atoms with Crippen molar-refractivity contribution in [1.82, 2.24) is 14.7 Å². The predicted octanol–water partition coefficient (Wildman–Crippen LogP) is 3.61. The van der Waals surface area contributed by atoms with Gasteiger partial charge in [0.15, 0.2) is 0 Å². The molecule has 2 amide bonds. The number of likely N-dealkylation sites (tertiary alicyclic amines) is 1. The van der Waals surface area contributed by atoms with Crippen LogP contribution in [0.15, 0.2) is 24.3 Å². The fourth-order valence-corrected chi connectivity index (χ4v) is 4.22. The van der Waals surface area contributed by atoms with Crippen LogP contribution in [0.1, 0.15) is 37.3 Å². The zero-order valence-electron chi connectivity index (χ0n) is 17.9. The van der Waals surface area contributed by atoms with E-state index < -0.39 is 11.7 Å². The molecule has 31 heavy (non-hydrogen) atoms. The van der Waals surface area contributed by atoms with Crippen LogP contribution >= 0.6 is 0 Å². The van der Waals surface area contributed by atoms with Crippen LogP contribution in [0.25, 0.3) is 0 Å². The quantitative estimate of drug-likeness (QED) is 0.717. The van der Waals surface area contributed by atoms with Crippen molar-refractivity contribution in [2.24, 2.45) is 5.92 Å². The van der Waals surface area contributed by atoms with E-state index in [2.05, 4.69) is 4.90 Å². The van der Waals surface area contributed by atoms with Crippen molar-refractivity contribution in [3.63, 3.8) is 0 Å². The Morgan fingerprint density at radius 3 is 2.39 bits per heavy atom. The normalized spacial score (nSPS) is 21.0. The third-order valence-corrected chi connectivity index (χ3v) is 5.88. The van der Waals surface area contributed by atoms with Gasteiger partial charge in [-0.05, 0) is 43.9 Å². The van der Waals surface area contributed by atoms with Crippen LogP contribution in [0.4, 0.5) is 18.0 Å². The van der Waals surface area contributed by atoms with Gasteiger partial charge in [-0.15, -0.1) is 0 Å². The van der Waals surface area contributed by atoms with Crippen LogP contribution in [0, 0.1) is 5.92 Å². The summed E-state index contributed by atoms with van der Waals surface area (Å²) < 4.78 is 43.3. The fraction of sp³-hybridized carbons (Fsp3) is 0.636. The van der Waals surface area contributed by atoms with Gasteiger partial charge in [-0.2, -0.15) is 13.2 Å². The van der Waals surface area contributed by atoms with Crippen LogP contribution in [0.5, 0.6) is 0 Å². The maximum Gasteiger partial charge on any atom is 0.416 e. The van der Waals surface area contributed by atoms with Gasteiger partial charge in [0.25, 0.3) is 0 Å². The molecular weight excluding hydrogens is 411 g/mol. The minimum atomic E-state index is -4.33. The highest BCUT2D eigenvalue weighted by Gasteiger charge is 2.33. The molecule has 0 N–H and O–H groups in total. The average molecular weight is 441 g/mol. The third-order valence-electron chi connectivity index (χ3n) is 5.88. The highest BCUT2D eigenvalue weighted by molar-refractivity contribution is 5.80. The van der Waals surface area contributed by atoms with E-state index in [1.54, 1.807) is 11.8 Å². The second kappa shape index (κ2) is 10.3. The van der Waals surface area contributed by atoms with Gasteiger partial charge < -0.3 is 14.5 Å². The van der Waals surface area contributed by atoms with Crippen molar-refractivity contribution in [3.05, 3.63) is 35.4 Å². The summed E-state index contributed by atoms with van der Waals surface area (Å²) in [5.74, 6) is -0.134. The van der Waals surface area contributed by atoms with Crippen LogP contribution in [-0.4, -0.2) is 72.6 Å². The topological polar surface area (TPSA) is 53.1 Å². The van der Waals surface area contributed by atoms with E-state index in [0.29, 0.717) is 45.9 Å². The number of nitrogens with zero attached hydrogens (tertiary/aromatic N) is 3. The standard InChI is InChI=1S/C22H30F3N3O3/c1-2-31-21(30)28-11-3-5-18(16-28)20(29)27-12-4-10-26(13-14-27)15-17-6-8-19(9-7-17)22(23,24)25/h6-9,18H,2-5,10-16H2,1H3. The molecule has 3 rings (SSSR count). The predicted molar refractivity (Wildman–Crippen MR) is 109 cm³/mol. The van der Waals surface area contributed by atoms with Crippen LogP contribution in [-0.2, 0) is 22.3 Å². The van der Waals surface area contributed by atoms with Gasteiger partial charge in [0.05, 0.1) is 18.1 Å². The minimum Gasteiger partial charge on any atom is -0.450 e.